The number of rotatable bonds is 6. The monoisotopic (exact) mass is 283 g/mol. The van der Waals surface area contributed by atoms with Gasteiger partial charge in [0.05, 0.1) is 24.0 Å². The van der Waals surface area contributed by atoms with Crippen LogP contribution in [-0.4, -0.2) is 27.8 Å². The van der Waals surface area contributed by atoms with Gasteiger partial charge >= 0.3 is 11.7 Å². The average Bonchev–Trinajstić information content (AvgIpc) is 2.83. The Kier molecular flexibility index (Phi) is 5.24. The van der Waals surface area contributed by atoms with Gasteiger partial charge in [-0.1, -0.05) is 13.8 Å². The summed E-state index contributed by atoms with van der Waals surface area (Å²) in [6.45, 7) is 7.22. The minimum Gasteiger partial charge on any atom is -0.469 e. The fraction of sp³-hybridized carbons (Fsp3) is 0.692. The Balaban J connectivity index is 3.31. The molecule has 112 valence electrons. The molecule has 2 atom stereocenters. The topological polar surface area (TPSA) is 87.3 Å². The Bertz CT molecular complexity index is 510. The molecule has 1 aromatic rings. The first-order valence-corrected chi connectivity index (χ1v) is 6.71. The molecule has 0 saturated heterocycles. The van der Waals surface area contributed by atoms with Gasteiger partial charge in [-0.3, -0.25) is 19.6 Å². The maximum absolute atomic E-state index is 11.6. The molecule has 20 heavy (non-hydrogen) atoms. The highest BCUT2D eigenvalue weighted by atomic mass is 16.6. The number of carbonyl (C=O) groups is 1. The van der Waals surface area contributed by atoms with Gasteiger partial charge in [-0.25, -0.2) is 0 Å². The van der Waals surface area contributed by atoms with E-state index in [4.69, 9.17) is 4.74 Å². The third-order valence-electron chi connectivity index (χ3n) is 3.59. The molecule has 0 aliphatic carbocycles. The highest BCUT2D eigenvalue weighted by Gasteiger charge is 2.31. The fourth-order valence-corrected chi connectivity index (χ4v) is 2.22. The van der Waals surface area contributed by atoms with Crippen LogP contribution in [-0.2, 0) is 22.4 Å². The lowest BCUT2D eigenvalue weighted by Crippen LogP contribution is -2.25. The van der Waals surface area contributed by atoms with Crippen molar-refractivity contribution in [3.8, 4) is 0 Å². The van der Waals surface area contributed by atoms with Crippen molar-refractivity contribution in [3.63, 3.8) is 0 Å². The van der Waals surface area contributed by atoms with E-state index in [1.165, 1.54) is 7.11 Å². The minimum atomic E-state index is -0.422. The van der Waals surface area contributed by atoms with Crippen molar-refractivity contribution in [3.05, 3.63) is 21.5 Å². The van der Waals surface area contributed by atoms with Crippen LogP contribution in [0.2, 0.25) is 0 Å². The molecule has 1 aromatic heterocycles. The van der Waals surface area contributed by atoms with Crippen LogP contribution in [0.25, 0.3) is 0 Å². The van der Waals surface area contributed by atoms with Gasteiger partial charge in [0.2, 0.25) is 0 Å². The molecule has 0 aromatic carbocycles. The molecule has 0 N–H and O–H groups in total. The number of nitro groups is 1. The molecule has 1 rings (SSSR count). The molecule has 0 fully saturated rings. The van der Waals surface area contributed by atoms with Crippen LogP contribution in [0.5, 0.6) is 0 Å². The molecule has 7 heteroatoms. The van der Waals surface area contributed by atoms with E-state index in [1.54, 1.807) is 11.6 Å². The molecule has 0 saturated carbocycles. The van der Waals surface area contributed by atoms with Crippen LogP contribution in [0.3, 0.4) is 0 Å². The number of aryl methyl sites for hydroxylation is 1. The van der Waals surface area contributed by atoms with Crippen LogP contribution < -0.4 is 0 Å². The van der Waals surface area contributed by atoms with Gasteiger partial charge in [0, 0.05) is 0 Å². The first-order chi connectivity index (χ1) is 9.38. The molecule has 0 amide bonds. The predicted octanol–water partition coefficient (Wildman–Crippen LogP) is 2.29. The van der Waals surface area contributed by atoms with Crippen molar-refractivity contribution in [1.82, 2.24) is 9.78 Å². The van der Waals surface area contributed by atoms with E-state index >= 15 is 0 Å². The van der Waals surface area contributed by atoms with E-state index < -0.39 is 10.8 Å². The Morgan fingerprint density at radius 3 is 2.40 bits per heavy atom. The summed E-state index contributed by atoms with van der Waals surface area (Å²) >= 11 is 0. The first kappa shape index (κ1) is 16.1. The number of carbonyl (C=O) groups excluding carboxylic acids is 1. The quantitative estimate of drug-likeness (QED) is 0.454. The van der Waals surface area contributed by atoms with E-state index in [9.17, 15) is 14.9 Å². The van der Waals surface area contributed by atoms with Crippen molar-refractivity contribution in [2.75, 3.05) is 7.11 Å². The fourth-order valence-electron chi connectivity index (χ4n) is 2.22. The number of methoxy groups -OCH3 is 1. The summed E-state index contributed by atoms with van der Waals surface area (Å²) < 4.78 is 6.32. The SMILES string of the molecule is CCc1nn(C(C)C(C)C(=O)OC)c(CC)c1[N+](=O)[O-]. The first-order valence-electron chi connectivity index (χ1n) is 6.71. The van der Waals surface area contributed by atoms with Crippen molar-refractivity contribution >= 4 is 11.7 Å². The van der Waals surface area contributed by atoms with Crippen molar-refractivity contribution < 1.29 is 14.5 Å². The lowest BCUT2D eigenvalue weighted by Gasteiger charge is -2.19. The third kappa shape index (κ3) is 2.81. The van der Waals surface area contributed by atoms with Gasteiger partial charge in [0.15, 0.2) is 0 Å². The van der Waals surface area contributed by atoms with E-state index in [-0.39, 0.29) is 17.7 Å². The molecule has 0 bridgehead atoms. The summed E-state index contributed by atoms with van der Waals surface area (Å²) in [6, 6.07) is -0.295. The van der Waals surface area contributed by atoms with E-state index in [2.05, 4.69) is 5.10 Å². The summed E-state index contributed by atoms with van der Waals surface area (Å²) in [6.07, 6.45) is 0.969. The highest BCUT2D eigenvalue weighted by Crippen LogP contribution is 2.29. The molecular formula is C13H21N3O4. The van der Waals surface area contributed by atoms with Gasteiger partial charge in [-0.2, -0.15) is 5.10 Å². The molecule has 0 radical (unpaired) electrons. The van der Waals surface area contributed by atoms with Crippen LogP contribution in [0.4, 0.5) is 5.69 Å². The zero-order chi connectivity index (χ0) is 15.4. The maximum atomic E-state index is 11.6. The molecular weight excluding hydrogens is 262 g/mol. The number of ether oxygens (including phenoxy) is 1. The second-order valence-corrected chi connectivity index (χ2v) is 4.70. The van der Waals surface area contributed by atoms with E-state index in [1.807, 2.05) is 20.8 Å². The molecule has 0 aliphatic heterocycles. The van der Waals surface area contributed by atoms with Crippen LogP contribution in [0.1, 0.15) is 45.1 Å². The van der Waals surface area contributed by atoms with Crippen LogP contribution in [0, 0.1) is 16.0 Å². The largest absolute Gasteiger partial charge is 0.469 e. The number of hydrogen-bond donors (Lipinski definition) is 0. The number of hydrogen-bond acceptors (Lipinski definition) is 5. The van der Waals surface area contributed by atoms with Crippen LogP contribution in [0.15, 0.2) is 0 Å². The van der Waals surface area contributed by atoms with Gasteiger partial charge in [-0.15, -0.1) is 0 Å². The maximum Gasteiger partial charge on any atom is 0.313 e. The minimum absolute atomic E-state index is 0.0684. The molecule has 1 heterocycles. The Morgan fingerprint density at radius 2 is 2.00 bits per heavy atom. The second kappa shape index (κ2) is 6.49. The van der Waals surface area contributed by atoms with Gasteiger partial charge < -0.3 is 4.74 Å². The van der Waals surface area contributed by atoms with E-state index in [0.717, 1.165) is 0 Å². The molecule has 0 spiro atoms. The van der Waals surface area contributed by atoms with Crippen molar-refractivity contribution in [2.45, 2.75) is 46.6 Å². The van der Waals surface area contributed by atoms with Gasteiger partial charge in [0.25, 0.3) is 0 Å². The highest BCUT2D eigenvalue weighted by molar-refractivity contribution is 5.72. The molecule has 2 unspecified atom stereocenters. The number of aromatic nitrogens is 2. The Morgan fingerprint density at radius 1 is 1.40 bits per heavy atom. The zero-order valence-corrected chi connectivity index (χ0v) is 12.5. The van der Waals surface area contributed by atoms with Gasteiger partial charge in [-0.05, 0) is 26.7 Å². The molecule has 7 nitrogen and oxygen atoms in total. The van der Waals surface area contributed by atoms with Crippen molar-refractivity contribution in [2.24, 2.45) is 5.92 Å². The smallest absolute Gasteiger partial charge is 0.313 e. The normalized spacial score (nSPS) is 13.8. The molecule has 0 aliphatic rings. The van der Waals surface area contributed by atoms with Gasteiger partial charge in [0.1, 0.15) is 11.4 Å². The second-order valence-electron chi connectivity index (χ2n) is 4.70. The Hall–Kier alpha value is -1.92. The number of nitrogens with zero attached hydrogens (tertiary/aromatic N) is 3. The zero-order valence-electron chi connectivity index (χ0n) is 12.5. The van der Waals surface area contributed by atoms with E-state index in [0.29, 0.717) is 24.2 Å². The summed E-state index contributed by atoms with van der Waals surface area (Å²) in [7, 11) is 1.33. The number of esters is 1. The third-order valence-corrected chi connectivity index (χ3v) is 3.59. The summed E-state index contributed by atoms with van der Waals surface area (Å²) in [5.74, 6) is -0.773. The average molecular weight is 283 g/mol. The lowest BCUT2D eigenvalue weighted by molar-refractivity contribution is -0.386. The summed E-state index contributed by atoms with van der Waals surface area (Å²) in [4.78, 5) is 22.4. The summed E-state index contributed by atoms with van der Waals surface area (Å²) in [5, 5.41) is 15.5. The summed E-state index contributed by atoms with van der Waals surface area (Å²) in [5.41, 5.74) is 1.07. The lowest BCUT2D eigenvalue weighted by atomic mass is 10.0. The standard InChI is InChI=1S/C13H21N3O4/c1-6-10-12(16(18)19)11(7-2)15(14-10)9(4)8(3)13(17)20-5/h8-9H,6-7H2,1-5H3. The predicted molar refractivity (Wildman–Crippen MR) is 73.5 cm³/mol. The Labute approximate surface area is 118 Å². The van der Waals surface area contributed by atoms with Crippen molar-refractivity contribution in [1.29, 1.82) is 0 Å². The van der Waals surface area contributed by atoms with Crippen LogP contribution >= 0.6 is 0 Å².